The normalized spacial score (nSPS) is 16.0. The van der Waals surface area contributed by atoms with Gasteiger partial charge < -0.3 is 15.5 Å². The van der Waals surface area contributed by atoms with Gasteiger partial charge in [-0.3, -0.25) is 19.7 Å². The van der Waals surface area contributed by atoms with Gasteiger partial charge in [0.2, 0.25) is 11.8 Å². The zero-order valence-electron chi connectivity index (χ0n) is 15.0. The summed E-state index contributed by atoms with van der Waals surface area (Å²) in [5, 5.41) is 25.3. The van der Waals surface area contributed by atoms with Crippen LogP contribution in [0.2, 0.25) is 0 Å². The van der Waals surface area contributed by atoms with E-state index in [0.717, 1.165) is 18.4 Å². The zero-order chi connectivity index (χ0) is 19.6. The SMILES string of the molecule is N#C[C@@H]1CCCN1C(=O)CNCCC(=O)NCCc1ccc([N+](=O)[O-])cc1. The summed E-state index contributed by atoms with van der Waals surface area (Å²) < 4.78 is 0. The highest BCUT2D eigenvalue weighted by Gasteiger charge is 2.27. The Morgan fingerprint density at radius 1 is 1.30 bits per heavy atom. The first-order chi connectivity index (χ1) is 13.0. The number of carbonyl (C=O) groups is 2. The summed E-state index contributed by atoms with van der Waals surface area (Å²) in [4.78, 5) is 35.5. The number of carbonyl (C=O) groups excluding carboxylic acids is 2. The van der Waals surface area contributed by atoms with Crippen molar-refractivity contribution in [1.29, 1.82) is 5.26 Å². The molecule has 0 bridgehead atoms. The van der Waals surface area contributed by atoms with E-state index in [4.69, 9.17) is 5.26 Å². The van der Waals surface area contributed by atoms with Crippen molar-refractivity contribution in [2.45, 2.75) is 31.7 Å². The second kappa shape index (κ2) is 10.2. The first-order valence-corrected chi connectivity index (χ1v) is 8.91. The first-order valence-electron chi connectivity index (χ1n) is 8.91. The number of nitro benzene ring substituents is 1. The molecule has 1 aromatic rings. The summed E-state index contributed by atoms with van der Waals surface area (Å²) in [6.07, 6.45) is 2.40. The third-order valence-corrected chi connectivity index (χ3v) is 4.41. The van der Waals surface area contributed by atoms with Gasteiger partial charge in [0.1, 0.15) is 6.04 Å². The first kappa shape index (κ1) is 20.3. The minimum atomic E-state index is -0.451. The van der Waals surface area contributed by atoms with Crippen LogP contribution in [0.15, 0.2) is 24.3 Å². The summed E-state index contributed by atoms with van der Waals surface area (Å²) in [5.74, 6) is -0.245. The molecule has 0 radical (unpaired) electrons. The number of nitrogens with one attached hydrogen (secondary N) is 2. The van der Waals surface area contributed by atoms with Crippen LogP contribution in [0, 0.1) is 21.4 Å². The number of nitrogens with zero attached hydrogens (tertiary/aromatic N) is 3. The molecule has 1 aliphatic rings. The molecule has 1 heterocycles. The second-order valence-electron chi connectivity index (χ2n) is 6.32. The standard InChI is InChI=1S/C18H23N5O4/c19-12-16-2-1-11-22(16)18(25)13-20-9-8-17(24)21-10-7-14-3-5-15(6-4-14)23(26)27/h3-6,16,20H,1-2,7-11,13H2,(H,21,24)/t16-/m0/s1. The minimum Gasteiger partial charge on any atom is -0.356 e. The number of nitro groups is 1. The van der Waals surface area contributed by atoms with Crippen molar-refractivity contribution in [3.63, 3.8) is 0 Å². The van der Waals surface area contributed by atoms with E-state index >= 15 is 0 Å². The molecule has 2 amide bonds. The molecular formula is C18H23N5O4. The molecule has 2 rings (SSSR count). The lowest BCUT2D eigenvalue weighted by atomic mass is 10.1. The molecular weight excluding hydrogens is 350 g/mol. The zero-order valence-corrected chi connectivity index (χ0v) is 15.0. The fraction of sp³-hybridized carbons (Fsp3) is 0.500. The van der Waals surface area contributed by atoms with Crippen molar-refractivity contribution < 1.29 is 14.5 Å². The molecule has 144 valence electrons. The van der Waals surface area contributed by atoms with Gasteiger partial charge in [0.25, 0.3) is 5.69 Å². The van der Waals surface area contributed by atoms with Crippen LogP contribution in [0.4, 0.5) is 5.69 Å². The van der Waals surface area contributed by atoms with Gasteiger partial charge in [0.05, 0.1) is 17.5 Å². The monoisotopic (exact) mass is 373 g/mol. The topological polar surface area (TPSA) is 128 Å². The van der Waals surface area contributed by atoms with Crippen molar-refractivity contribution >= 4 is 17.5 Å². The van der Waals surface area contributed by atoms with E-state index < -0.39 is 4.92 Å². The number of non-ortho nitro benzene ring substituents is 1. The molecule has 2 N–H and O–H groups in total. The summed E-state index contributed by atoms with van der Waals surface area (Å²) in [5.41, 5.74) is 0.945. The Hall–Kier alpha value is -2.99. The predicted molar refractivity (Wildman–Crippen MR) is 97.6 cm³/mol. The Balaban J connectivity index is 1.58. The third-order valence-electron chi connectivity index (χ3n) is 4.41. The fourth-order valence-corrected chi connectivity index (χ4v) is 2.92. The maximum absolute atomic E-state index is 12.0. The number of amides is 2. The molecule has 27 heavy (non-hydrogen) atoms. The van der Waals surface area contributed by atoms with E-state index in [2.05, 4.69) is 16.7 Å². The van der Waals surface area contributed by atoms with E-state index in [1.165, 1.54) is 12.1 Å². The van der Waals surface area contributed by atoms with E-state index in [1.54, 1.807) is 17.0 Å². The van der Waals surface area contributed by atoms with Crippen LogP contribution in [-0.2, 0) is 16.0 Å². The lowest BCUT2D eigenvalue weighted by Crippen LogP contribution is -2.41. The Labute approximate surface area is 157 Å². The van der Waals surface area contributed by atoms with E-state index in [0.29, 0.717) is 26.1 Å². The third kappa shape index (κ3) is 6.34. The van der Waals surface area contributed by atoms with E-state index in [1.807, 2.05) is 0 Å². The predicted octanol–water partition coefficient (Wildman–Crippen LogP) is 0.748. The van der Waals surface area contributed by atoms with Crippen molar-refractivity contribution in [3.8, 4) is 6.07 Å². The Morgan fingerprint density at radius 3 is 2.70 bits per heavy atom. The second-order valence-corrected chi connectivity index (χ2v) is 6.32. The quantitative estimate of drug-likeness (QED) is 0.373. The largest absolute Gasteiger partial charge is 0.356 e. The van der Waals surface area contributed by atoms with Gasteiger partial charge in [-0.15, -0.1) is 0 Å². The number of nitriles is 1. The van der Waals surface area contributed by atoms with Crippen LogP contribution in [0.5, 0.6) is 0 Å². The number of likely N-dealkylation sites (tertiary alicyclic amines) is 1. The molecule has 0 spiro atoms. The van der Waals surface area contributed by atoms with Crippen molar-refractivity contribution in [1.82, 2.24) is 15.5 Å². The van der Waals surface area contributed by atoms with Crippen LogP contribution in [0.25, 0.3) is 0 Å². The average Bonchev–Trinajstić information content (AvgIpc) is 3.14. The van der Waals surface area contributed by atoms with Gasteiger partial charge in [-0.05, 0) is 24.8 Å². The van der Waals surface area contributed by atoms with Crippen LogP contribution in [0.1, 0.15) is 24.8 Å². The smallest absolute Gasteiger partial charge is 0.269 e. The summed E-state index contributed by atoms with van der Waals surface area (Å²) >= 11 is 0. The van der Waals surface area contributed by atoms with Crippen molar-refractivity contribution in [2.75, 3.05) is 26.2 Å². The summed E-state index contributed by atoms with van der Waals surface area (Å²) in [6, 6.07) is 8.02. The number of benzene rings is 1. The minimum absolute atomic E-state index is 0.0402. The Morgan fingerprint density at radius 2 is 2.04 bits per heavy atom. The van der Waals surface area contributed by atoms with Crippen LogP contribution in [0.3, 0.4) is 0 Å². The van der Waals surface area contributed by atoms with Crippen molar-refractivity contribution in [3.05, 3.63) is 39.9 Å². The van der Waals surface area contributed by atoms with E-state index in [-0.39, 0.29) is 36.5 Å². The molecule has 1 saturated heterocycles. The van der Waals surface area contributed by atoms with Crippen molar-refractivity contribution in [2.24, 2.45) is 0 Å². The van der Waals surface area contributed by atoms with Gasteiger partial charge in [-0.25, -0.2) is 0 Å². The molecule has 1 fully saturated rings. The Kier molecular flexibility index (Phi) is 7.70. The molecule has 0 saturated carbocycles. The molecule has 0 aliphatic carbocycles. The van der Waals surface area contributed by atoms with Crippen LogP contribution >= 0.6 is 0 Å². The highest BCUT2D eigenvalue weighted by Crippen LogP contribution is 2.16. The number of hydrogen-bond acceptors (Lipinski definition) is 6. The van der Waals surface area contributed by atoms with Crippen LogP contribution < -0.4 is 10.6 Å². The molecule has 9 nitrogen and oxygen atoms in total. The maximum atomic E-state index is 12.0. The molecule has 9 heteroatoms. The number of rotatable bonds is 9. The molecule has 1 atom stereocenters. The van der Waals surface area contributed by atoms with E-state index in [9.17, 15) is 19.7 Å². The molecule has 1 aliphatic heterocycles. The molecule has 1 aromatic carbocycles. The molecule has 0 aromatic heterocycles. The fourth-order valence-electron chi connectivity index (χ4n) is 2.92. The van der Waals surface area contributed by atoms with Gasteiger partial charge in [-0.2, -0.15) is 5.26 Å². The highest BCUT2D eigenvalue weighted by molar-refractivity contribution is 5.79. The lowest BCUT2D eigenvalue weighted by Gasteiger charge is -2.19. The summed E-state index contributed by atoms with van der Waals surface area (Å²) in [6.45, 7) is 1.55. The van der Waals surface area contributed by atoms with Gasteiger partial charge in [0.15, 0.2) is 0 Å². The molecule has 0 unspecified atom stereocenters. The lowest BCUT2D eigenvalue weighted by molar-refractivity contribution is -0.384. The maximum Gasteiger partial charge on any atom is 0.269 e. The average molecular weight is 373 g/mol. The number of hydrogen-bond donors (Lipinski definition) is 2. The van der Waals surface area contributed by atoms with Gasteiger partial charge in [0, 0.05) is 38.2 Å². The van der Waals surface area contributed by atoms with Crippen LogP contribution in [-0.4, -0.2) is 53.9 Å². The van der Waals surface area contributed by atoms with Gasteiger partial charge >= 0.3 is 0 Å². The Bertz CT molecular complexity index is 713. The highest BCUT2D eigenvalue weighted by atomic mass is 16.6. The van der Waals surface area contributed by atoms with Gasteiger partial charge in [-0.1, -0.05) is 12.1 Å². The summed E-state index contributed by atoms with van der Waals surface area (Å²) in [7, 11) is 0.